The van der Waals surface area contributed by atoms with Gasteiger partial charge in [-0.2, -0.15) is 0 Å². The molecule has 0 saturated carbocycles. The largest absolute Gasteiger partial charge is 0.300 e. The van der Waals surface area contributed by atoms with Crippen LogP contribution in [0.25, 0.3) is 0 Å². The van der Waals surface area contributed by atoms with Crippen LogP contribution in [0.15, 0.2) is 5.38 Å². The Labute approximate surface area is 89.1 Å². The molecule has 0 aliphatic carbocycles. The Balaban J connectivity index is 2.19. The summed E-state index contributed by atoms with van der Waals surface area (Å²) in [5, 5.41) is 9.05. The van der Waals surface area contributed by atoms with Gasteiger partial charge in [-0.05, 0) is 32.3 Å². The van der Waals surface area contributed by atoms with E-state index >= 15 is 0 Å². The van der Waals surface area contributed by atoms with Crippen LogP contribution < -0.4 is 5.32 Å². The maximum absolute atomic E-state index is 3.92. The summed E-state index contributed by atoms with van der Waals surface area (Å²) in [6, 6.07) is 0. The second-order valence-electron chi connectivity index (χ2n) is 4.05. The fraction of sp³-hybridized carbons (Fsp3) is 0.600. The molecule has 1 rings (SSSR count). The van der Waals surface area contributed by atoms with Crippen molar-refractivity contribution in [2.45, 2.75) is 27.3 Å². The van der Waals surface area contributed by atoms with Gasteiger partial charge in [0.15, 0.2) is 0 Å². The minimum absolute atomic E-state index is 0.0872. The average molecular weight is 209 g/mol. The Morgan fingerprint density at radius 3 is 2.86 bits per heavy atom. The number of aromatic nitrogens is 2. The first-order chi connectivity index (χ1) is 6.58. The summed E-state index contributed by atoms with van der Waals surface area (Å²) in [6.07, 6.45) is 0. The molecule has 0 radical (unpaired) electrons. The number of hydrogen-bond acceptors (Lipinski definition) is 4. The van der Waals surface area contributed by atoms with Crippen LogP contribution in [-0.4, -0.2) is 16.1 Å². The van der Waals surface area contributed by atoms with Crippen molar-refractivity contribution >= 4 is 11.5 Å². The lowest BCUT2D eigenvalue weighted by Crippen LogP contribution is -2.14. The zero-order chi connectivity index (χ0) is 10.4. The van der Waals surface area contributed by atoms with E-state index in [-0.39, 0.29) is 5.41 Å². The van der Waals surface area contributed by atoms with Crippen LogP contribution in [0.4, 0.5) is 0 Å². The highest BCUT2D eigenvalue weighted by molar-refractivity contribution is 7.03. The third-order valence-corrected chi connectivity index (χ3v) is 1.94. The molecule has 1 aromatic rings. The fourth-order valence-corrected chi connectivity index (χ4v) is 1.27. The summed E-state index contributed by atoms with van der Waals surface area (Å²) in [4.78, 5) is 0. The van der Waals surface area contributed by atoms with E-state index < -0.39 is 0 Å². The number of rotatable bonds is 3. The van der Waals surface area contributed by atoms with E-state index in [1.54, 1.807) is 0 Å². The minimum atomic E-state index is 0.0872. The lowest BCUT2D eigenvalue weighted by molar-refractivity contribution is 0.569. The van der Waals surface area contributed by atoms with Crippen molar-refractivity contribution < 1.29 is 0 Å². The molecule has 76 valence electrons. The van der Waals surface area contributed by atoms with E-state index in [2.05, 4.69) is 47.5 Å². The van der Waals surface area contributed by atoms with Gasteiger partial charge in [-0.1, -0.05) is 16.3 Å². The predicted octanol–water partition coefficient (Wildman–Crippen LogP) is 1.68. The van der Waals surface area contributed by atoms with Crippen molar-refractivity contribution in [1.82, 2.24) is 14.9 Å². The van der Waals surface area contributed by atoms with Crippen molar-refractivity contribution in [3.8, 4) is 11.8 Å². The standard InChI is InChI=1S/C10H15N3S/c1-10(2,3)5-4-6-11-7-9-8-14-13-12-9/h8,11H,6-7H2,1-3H3. The molecule has 1 heterocycles. The second-order valence-corrected chi connectivity index (χ2v) is 4.66. The predicted molar refractivity (Wildman–Crippen MR) is 58.8 cm³/mol. The molecule has 0 fully saturated rings. The lowest BCUT2D eigenvalue weighted by atomic mass is 9.98. The van der Waals surface area contributed by atoms with Gasteiger partial charge in [-0.15, -0.1) is 5.10 Å². The van der Waals surface area contributed by atoms with Crippen LogP contribution >= 0.6 is 11.5 Å². The van der Waals surface area contributed by atoms with E-state index in [1.165, 1.54) is 11.5 Å². The van der Waals surface area contributed by atoms with Gasteiger partial charge in [0.1, 0.15) is 0 Å². The molecule has 0 saturated heterocycles. The topological polar surface area (TPSA) is 37.8 Å². The first kappa shape index (κ1) is 11.2. The highest BCUT2D eigenvalue weighted by Gasteiger charge is 2.02. The Kier molecular flexibility index (Phi) is 4.05. The van der Waals surface area contributed by atoms with Gasteiger partial charge in [0.05, 0.1) is 12.2 Å². The average Bonchev–Trinajstić information content (AvgIpc) is 2.54. The summed E-state index contributed by atoms with van der Waals surface area (Å²) in [6.45, 7) is 7.75. The smallest absolute Gasteiger partial charge is 0.0893 e. The van der Waals surface area contributed by atoms with Crippen molar-refractivity contribution in [1.29, 1.82) is 0 Å². The van der Waals surface area contributed by atoms with Gasteiger partial charge < -0.3 is 5.32 Å². The Bertz CT molecular complexity index is 313. The van der Waals surface area contributed by atoms with Crippen molar-refractivity contribution in [2.75, 3.05) is 6.54 Å². The summed E-state index contributed by atoms with van der Waals surface area (Å²) >= 11 is 1.37. The van der Waals surface area contributed by atoms with E-state index in [1.807, 2.05) is 5.38 Å². The Hall–Kier alpha value is -0.920. The lowest BCUT2D eigenvalue weighted by Gasteiger charge is -2.06. The molecule has 0 amide bonds. The first-order valence-electron chi connectivity index (χ1n) is 4.54. The SMILES string of the molecule is CC(C)(C)C#CCNCc1csnn1. The van der Waals surface area contributed by atoms with Gasteiger partial charge in [0.25, 0.3) is 0 Å². The zero-order valence-electron chi connectivity index (χ0n) is 8.79. The molecule has 3 nitrogen and oxygen atoms in total. The molecule has 0 aliphatic rings. The van der Waals surface area contributed by atoms with Crippen molar-refractivity contribution in [2.24, 2.45) is 5.41 Å². The molecule has 1 N–H and O–H groups in total. The molecule has 0 aromatic carbocycles. The van der Waals surface area contributed by atoms with Crippen molar-refractivity contribution in [3.63, 3.8) is 0 Å². The quantitative estimate of drug-likeness (QED) is 0.608. The molecule has 0 unspecified atom stereocenters. The van der Waals surface area contributed by atoms with E-state index in [4.69, 9.17) is 0 Å². The molecule has 0 spiro atoms. The molecule has 1 aromatic heterocycles. The molecule has 14 heavy (non-hydrogen) atoms. The summed E-state index contributed by atoms with van der Waals surface area (Å²) in [5.41, 5.74) is 1.07. The van der Waals surface area contributed by atoms with Crippen LogP contribution in [0.2, 0.25) is 0 Å². The molecular formula is C10H15N3S. The number of nitrogens with zero attached hydrogens (tertiary/aromatic N) is 2. The van der Waals surface area contributed by atoms with Gasteiger partial charge in [-0.3, -0.25) is 0 Å². The van der Waals surface area contributed by atoms with Crippen LogP contribution in [0.1, 0.15) is 26.5 Å². The second kappa shape index (κ2) is 5.08. The normalized spacial score (nSPS) is 10.8. The van der Waals surface area contributed by atoms with Crippen LogP contribution in [0.5, 0.6) is 0 Å². The first-order valence-corrected chi connectivity index (χ1v) is 5.38. The number of hydrogen-bond donors (Lipinski definition) is 1. The highest BCUT2D eigenvalue weighted by Crippen LogP contribution is 2.09. The third-order valence-electron chi connectivity index (χ3n) is 1.39. The number of nitrogens with one attached hydrogen (secondary N) is 1. The Morgan fingerprint density at radius 1 is 1.50 bits per heavy atom. The third kappa shape index (κ3) is 4.95. The molecule has 0 aliphatic heterocycles. The fourth-order valence-electron chi connectivity index (χ4n) is 0.823. The minimum Gasteiger partial charge on any atom is -0.300 e. The molecule has 4 heteroatoms. The van der Waals surface area contributed by atoms with Gasteiger partial charge in [0, 0.05) is 17.3 Å². The van der Waals surface area contributed by atoms with E-state index in [0.29, 0.717) is 6.54 Å². The maximum atomic E-state index is 3.92. The van der Waals surface area contributed by atoms with Gasteiger partial charge in [-0.25, -0.2) is 0 Å². The molecule has 0 atom stereocenters. The summed E-state index contributed by atoms with van der Waals surface area (Å²) in [5.74, 6) is 6.24. The van der Waals surface area contributed by atoms with Gasteiger partial charge >= 0.3 is 0 Å². The summed E-state index contributed by atoms with van der Waals surface area (Å²) in [7, 11) is 0. The van der Waals surface area contributed by atoms with E-state index in [0.717, 1.165) is 12.2 Å². The monoisotopic (exact) mass is 209 g/mol. The summed E-state index contributed by atoms with van der Waals surface area (Å²) < 4.78 is 3.78. The van der Waals surface area contributed by atoms with Crippen molar-refractivity contribution in [3.05, 3.63) is 11.1 Å². The molecular weight excluding hydrogens is 194 g/mol. The maximum Gasteiger partial charge on any atom is 0.0893 e. The highest BCUT2D eigenvalue weighted by atomic mass is 32.1. The van der Waals surface area contributed by atoms with Crippen LogP contribution in [-0.2, 0) is 6.54 Å². The van der Waals surface area contributed by atoms with Crippen LogP contribution in [0, 0.1) is 17.3 Å². The van der Waals surface area contributed by atoms with Crippen LogP contribution in [0.3, 0.4) is 0 Å². The molecule has 0 bridgehead atoms. The van der Waals surface area contributed by atoms with E-state index in [9.17, 15) is 0 Å². The Morgan fingerprint density at radius 2 is 2.29 bits per heavy atom. The zero-order valence-corrected chi connectivity index (χ0v) is 9.61. The van der Waals surface area contributed by atoms with Gasteiger partial charge in [0.2, 0.25) is 0 Å².